The molecule has 23 heavy (non-hydrogen) atoms. The van der Waals surface area contributed by atoms with Crippen LogP contribution in [0.2, 0.25) is 0 Å². The van der Waals surface area contributed by atoms with Crippen molar-refractivity contribution < 1.29 is 4.79 Å². The molecule has 124 valence electrons. The SMILES string of the molecule is CCC(C)(C)NC(=O)C(C)Sc1nnnn1-c1cccc(C)c1. The smallest absolute Gasteiger partial charge is 0.233 e. The van der Waals surface area contributed by atoms with Gasteiger partial charge in [0.05, 0.1) is 10.9 Å². The van der Waals surface area contributed by atoms with Gasteiger partial charge in [0.2, 0.25) is 11.1 Å². The number of thioether (sulfide) groups is 1. The summed E-state index contributed by atoms with van der Waals surface area (Å²) < 4.78 is 1.66. The zero-order chi connectivity index (χ0) is 17.0. The van der Waals surface area contributed by atoms with E-state index >= 15 is 0 Å². The molecule has 1 aromatic heterocycles. The van der Waals surface area contributed by atoms with E-state index in [-0.39, 0.29) is 16.7 Å². The van der Waals surface area contributed by atoms with Gasteiger partial charge in [-0.05, 0) is 62.2 Å². The van der Waals surface area contributed by atoms with Crippen molar-refractivity contribution in [1.29, 1.82) is 0 Å². The average Bonchev–Trinajstić information content (AvgIpc) is 2.95. The zero-order valence-corrected chi connectivity index (χ0v) is 15.0. The molecule has 2 rings (SSSR count). The molecule has 0 aliphatic heterocycles. The number of aryl methyl sites for hydroxylation is 1. The van der Waals surface area contributed by atoms with Gasteiger partial charge in [0.15, 0.2) is 0 Å². The number of nitrogens with zero attached hydrogens (tertiary/aromatic N) is 4. The maximum absolute atomic E-state index is 12.3. The van der Waals surface area contributed by atoms with Crippen molar-refractivity contribution in [3.63, 3.8) is 0 Å². The minimum absolute atomic E-state index is 0.0133. The first-order valence-corrected chi connectivity index (χ1v) is 8.54. The molecule has 1 unspecified atom stereocenters. The van der Waals surface area contributed by atoms with Crippen LogP contribution in [0.3, 0.4) is 0 Å². The molecule has 2 aromatic rings. The molecule has 6 nitrogen and oxygen atoms in total. The first-order valence-electron chi connectivity index (χ1n) is 7.66. The van der Waals surface area contributed by atoms with Crippen LogP contribution in [0.25, 0.3) is 5.69 Å². The van der Waals surface area contributed by atoms with Gasteiger partial charge in [0.1, 0.15) is 0 Å². The molecule has 7 heteroatoms. The maximum atomic E-state index is 12.3. The number of nitrogens with one attached hydrogen (secondary N) is 1. The second kappa shape index (κ2) is 7.12. The van der Waals surface area contributed by atoms with Crippen LogP contribution in [0, 0.1) is 6.92 Å². The number of rotatable bonds is 6. The summed E-state index contributed by atoms with van der Waals surface area (Å²) in [6.07, 6.45) is 0.872. The van der Waals surface area contributed by atoms with Crippen LogP contribution in [0.1, 0.15) is 39.7 Å². The highest BCUT2D eigenvalue weighted by atomic mass is 32.2. The van der Waals surface area contributed by atoms with Crippen molar-refractivity contribution in [2.45, 2.75) is 57.0 Å². The second-order valence-corrected chi connectivity index (χ2v) is 7.51. The lowest BCUT2D eigenvalue weighted by Crippen LogP contribution is -2.46. The summed E-state index contributed by atoms with van der Waals surface area (Å²) in [7, 11) is 0. The van der Waals surface area contributed by atoms with Crippen LogP contribution < -0.4 is 5.32 Å². The van der Waals surface area contributed by atoms with E-state index in [1.54, 1.807) is 4.68 Å². The number of tetrazole rings is 1. The number of benzene rings is 1. The molecule has 1 heterocycles. The van der Waals surface area contributed by atoms with Gasteiger partial charge in [-0.25, -0.2) is 0 Å². The Bertz CT molecular complexity index is 683. The minimum atomic E-state index is -0.282. The van der Waals surface area contributed by atoms with Crippen molar-refractivity contribution >= 4 is 17.7 Å². The van der Waals surface area contributed by atoms with Gasteiger partial charge in [-0.1, -0.05) is 30.8 Å². The number of carbonyl (C=O) groups is 1. The molecule has 1 amide bonds. The summed E-state index contributed by atoms with van der Waals surface area (Å²) >= 11 is 1.35. The van der Waals surface area contributed by atoms with Crippen LogP contribution in [0.15, 0.2) is 29.4 Å². The van der Waals surface area contributed by atoms with E-state index < -0.39 is 0 Å². The van der Waals surface area contributed by atoms with Crippen molar-refractivity contribution in [2.75, 3.05) is 0 Å². The van der Waals surface area contributed by atoms with E-state index in [1.807, 2.05) is 52.0 Å². The van der Waals surface area contributed by atoms with Crippen LogP contribution in [-0.4, -0.2) is 36.9 Å². The molecule has 1 N–H and O–H groups in total. The van der Waals surface area contributed by atoms with Gasteiger partial charge in [-0.15, -0.1) is 5.10 Å². The normalized spacial score (nSPS) is 12.9. The molecule has 0 aliphatic rings. The quantitative estimate of drug-likeness (QED) is 0.823. The topological polar surface area (TPSA) is 72.7 Å². The Hall–Kier alpha value is -1.89. The standard InChI is InChI=1S/C16H23N5OS/c1-6-16(4,5)17-14(22)12(3)23-15-18-19-20-21(15)13-9-7-8-11(2)10-13/h7-10,12H,6H2,1-5H3,(H,17,22). The largest absolute Gasteiger partial charge is 0.350 e. The van der Waals surface area contributed by atoms with Crippen molar-refractivity contribution in [3.8, 4) is 5.69 Å². The molecule has 0 saturated heterocycles. The van der Waals surface area contributed by atoms with Gasteiger partial charge in [0.25, 0.3) is 0 Å². The van der Waals surface area contributed by atoms with Gasteiger partial charge in [0, 0.05) is 5.54 Å². The highest BCUT2D eigenvalue weighted by molar-refractivity contribution is 8.00. The summed E-state index contributed by atoms with van der Waals surface area (Å²) in [6.45, 7) is 9.96. The van der Waals surface area contributed by atoms with Crippen molar-refractivity contribution in [3.05, 3.63) is 29.8 Å². The molecule has 0 fully saturated rings. The average molecular weight is 333 g/mol. The lowest BCUT2D eigenvalue weighted by atomic mass is 10.0. The van der Waals surface area contributed by atoms with Gasteiger partial charge >= 0.3 is 0 Å². The lowest BCUT2D eigenvalue weighted by molar-refractivity contribution is -0.121. The molecule has 1 aromatic carbocycles. The van der Waals surface area contributed by atoms with Gasteiger partial charge < -0.3 is 5.32 Å². The lowest BCUT2D eigenvalue weighted by Gasteiger charge is -2.26. The Balaban J connectivity index is 2.12. The first-order chi connectivity index (χ1) is 10.8. The number of aromatic nitrogens is 4. The predicted molar refractivity (Wildman–Crippen MR) is 91.7 cm³/mol. The summed E-state index contributed by atoms with van der Waals surface area (Å²) in [4.78, 5) is 12.3. The van der Waals surface area contributed by atoms with Crippen LogP contribution in [0.4, 0.5) is 0 Å². The van der Waals surface area contributed by atoms with E-state index in [4.69, 9.17) is 0 Å². The number of amides is 1. The number of hydrogen-bond donors (Lipinski definition) is 1. The van der Waals surface area contributed by atoms with Crippen LogP contribution >= 0.6 is 11.8 Å². The van der Waals surface area contributed by atoms with Crippen molar-refractivity contribution in [1.82, 2.24) is 25.5 Å². The molecule has 0 radical (unpaired) electrons. The van der Waals surface area contributed by atoms with Crippen LogP contribution in [0.5, 0.6) is 0 Å². The summed E-state index contributed by atoms with van der Waals surface area (Å²) in [5, 5.41) is 15.2. The predicted octanol–water partition coefficient (Wildman–Crippen LogP) is 2.76. The summed E-state index contributed by atoms with van der Waals surface area (Å²) in [5.41, 5.74) is 1.80. The van der Waals surface area contributed by atoms with E-state index in [0.717, 1.165) is 17.7 Å². The Labute approximate surface area is 141 Å². The van der Waals surface area contributed by atoms with E-state index in [0.29, 0.717) is 5.16 Å². The molecular formula is C16H23N5OS. The first kappa shape index (κ1) is 17.5. The third-order valence-electron chi connectivity index (χ3n) is 3.68. The zero-order valence-electron chi connectivity index (χ0n) is 14.2. The highest BCUT2D eigenvalue weighted by Gasteiger charge is 2.24. The second-order valence-electron chi connectivity index (χ2n) is 6.20. The number of carbonyl (C=O) groups excluding carboxylic acids is 1. The summed E-state index contributed by atoms with van der Waals surface area (Å²) in [5.74, 6) is -0.0133. The Morgan fingerprint density at radius 2 is 2.17 bits per heavy atom. The van der Waals surface area contributed by atoms with Crippen molar-refractivity contribution in [2.24, 2.45) is 0 Å². The Morgan fingerprint density at radius 3 is 2.83 bits per heavy atom. The Morgan fingerprint density at radius 1 is 1.43 bits per heavy atom. The molecule has 0 spiro atoms. The van der Waals surface area contributed by atoms with E-state index in [1.165, 1.54) is 11.8 Å². The summed E-state index contributed by atoms with van der Waals surface area (Å²) in [6, 6.07) is 7.92. The van der Waals surface area contributed by atoms with Gasteiger partial charge in [-0.2, -0.15) is 4.68 Å². The fourth-order valence-corrected chi connectivity index (χ4v) is 2.72. The molecular weight excluding hydrogens is 310 g/mol. The maximum Gasteiger partial charge on any atom is 0.233 e. The van der Waals surface area contributed by atoms with E-state index in [9.17, 15) is 4.79 Å². The third-order valence-corrected chi connectivity index (χ3v) is 4.72. The molecule has 1 atom stereocenters. The fraction of sp³-hybridized carbons (Fsp3) is 0.500. The minimum Gasteiger partial charge on any atom is -0.350 e. The molecule has 0 bridgehead atoms. The Kier molecular flexibility index (Phi) is 5.41. The monoisotopic (exact) mass is 333 g/mol. The van der Waals surface area contributed by atoms with E-state index in [2.05, 4.69) is 27.8 Å². The van der Waals surface area contributed by atoms with Gasteiger partial charge in [-0.3, -0.25) is 4.79 Å². The number of hydrogen-bond acceptors (Lipinski definition) is 5. The fourth-order valence-electron chi connectivity index (χ4n) is 1.91. The van der Waals surface area contributed by atoms with Crippen LogP contribution in [-0.2, 0) is 4.79 Å². The molecule has 0 aliphatic carbocycles. The third kappa shape index (κ3) is 4.54. The highest BCUT2D eigenvalue weighted by Crippen LogP contribution is 2.24. The molecule has 0 saturated carbocycles.